The monoisotopic (exact) mass is 370 g/mol. The molecule has 0 bridgehead atoms. The maximum atomic E-state index is 11.7. The van der Waals surface area contributed by atoms with E-state index in [0.29, 0.717) is 6.61 Å². The number of aryl methyl sites for hydroxylation is 1. The summed E-state index contributed by atoms with van der Waals surface area (Å²) in [6.45, 7) is 2.85. The van der Waals surface area contributed by atoms with E-state index in [-0.39, 0.29) is 12.5 Å². The molecule has 1 aromatic heterocycles. The van der Waals surface area contributed by atoms with Crippen molar-refractivity contribution in [3.8, 4) is 5.75 Å². The Balaban J connectivity index is 1.64. The average Bonchev–Trinajstić information content (AvgIpc) is 3.03. The van der Waals surface area contributed by atoms with Crippen LogP contribution in [0.5, 0.6) is 5.75 Å². The fourth-order valence-corrected chi connectivity index (χ4v) is 3.45. The van der Waals surface area contributed by atoms with Crippen molar-refractivity contribution in [3.63, 3.8) is 0 Å². The first-order chi connectivity index (χ1) is 12.7. The maximum absolute atomic E-state index is 11.7. The molecule has 1 heterocycles. The van der Waals surface area contributed by atoms with Gasteiger partial charge in [-0.15, -0.1) is 0 Å². The van der Waals surface area contributed by atoms with Crippen molar-refractivity contribution in [2.24, 2.45) is 0 Å². The molecule has 0 amide bonds. The molecule has 0 fully saturated rings. The predicted octanol–water partition coefficient (Wildman–Crippen LogP) is 3.94. The van der Waals surface area contributed by atoms with Gasteiger partial charge in [-0.25, -0.2) is 4.98 Å². The summed E-state index contributed by atoms with van der Waals surface area (Å²) in [5, 5.41) is 0.793. The van der Waals surface area contributed by atoms with Crippen LogP contribution in [0.3, 0.4) is 0 Å². The molecule has 0 spiro atoms. The smallest absolute Gasteiger partial charge is 0.325 e. The van der Waals surface area contributed by atoms with Gasteiger partial charge in [0, 0.05) is 5.75 Å². The fourth-order valence-electron chi connectivity index (χ4n) is 2.62. The minimum absolute atomic E-state index is 0.151. The van der Waals surface area contributed by atoms with Gasteiger partial charge in [-0.05, 0) is 36.2 Å². The van der Waals surface area contributed by atoms with Crippen molar-refractivity contribution in [2.75, 3.05) is 19.5 Å². The van der Waals surface area contributed by atoms with Crippen molar-refractivity contribution in [1.29, 1.82) is 0 Å². The van der Waals surface area contributed by atoms with E-state index in [0.717, 1.165) is 34.1 Å². The van der Waals surface area contributed by atoms with Gasteiger partial charge in [0.15, 0.2) is 5.16 Å². The Morgan fingerprint density at radius 3 is 2.65 bits per heavy atom. The Morgan fingerprint density at radius 2 is 1.92 bits per heavy atom. The summed E-state index contributed by atoms with van der Waals surface area (Å²) in [6, 6.07) is 15.9. The lowest BCUT2D eigenvalue weighted by molar-refractivity contribution is -0.141. The molecule has 3 rings (SSSR count). The standard InChI is InChI=1S/C20H22N2O3S/c1-3-15-8-10-16(11-9-15)25-12-13-26-20-21-17-6-4-5-7-18(17)22(20)14-19(23)24-2/h4-11H,3,12-14H2,1-2H3. The Hall–Kier alpha value is -2.47. The summed E-state index contributed by atoms with van der Waals surface area (Å²) in [4.78, 5) is 16.4. The molecule has 0 atom stereocenters. The highest BCUT2D eigenvalue weighted by molar-refractivity contribution is 7.99. The minimum atomic E-state index is -0.290. The van der Waals surface area contributed by atoms with E-state index in [4.69, 9.17) is 9.47 Å². The van der Waals surface area contributed by atoms with E-state index in [1.165, 1.54) is 12.7 Å². The fraction of sp³-hybridized carbons (Fsp3) is 0.300. The number of para-hydroxylation sites is 2. The number of rotatable bonds is 8. The van der Waals surface area contributed by atoms with Crippen molar-refractivity contribution in [2.45, 2.75) is 25.0 Å². The SMILES string of the molecule is CCc1ccc(OCCSc2nc3ccccc3n2CC(=O)OC)cc1. The lowest BCUT2D eigenvalue weighted by atomic mass is 10.2. The quantitative estimate of drug-likeness (QED) is 0.341. The van der Waals surface area contributed by atoms with E-state index in [1.807, 2.05) is 41.0 Å². The van der Waals surface area contributed by atoms with E-state index in [1.54, 1.807) is 11.8 Å². The Bertz CT molecular complexity index is 874. The van der Waals surface area contributed by atoms with Gasteiger partial charge in [-0.3, -0.25) is 4.79 Å². The largest absolute Gasteiger partial charge is 0.493 e. The normalized spacial score (nSPS) is 10.8. The molecule has 0 unspecified atom stereocenters. The third kappa shape index (κ3) is 4.38. The molecular formula is C20H22N2O3S. The number of methoxy groups -OCH3 is 1. The summed E-state index contributed by atoms with van der Waals surface area (Å²) >= 11 is 1.57. The third-order valence-corrected chi connectivity index (χ3v) is 4.99. The van der Waals surface area contributed by atoms with Crippen LogP contribution in [0.4, 0.5) is 0 Å². The van der Waals surface area contributed by atoms with Crippen LogP contribution in [-0.2, 0) is 22.5 Å². The summed E-state index contributed by atoms with van der Waals surface area (Å²) in [6.07, 6.45) is 1.02. The molecule has 3 aromatic rings. The molecule has 5 nitrogen and oxygen atoms in total. The van der Waals surface area contributed by atoms with E-state index < -0.39 is 0 Å². The summed E-state index contributed by atoms with van der Waals surface area (Å²) in [5.41, 5.74) is 3.09. The second kappa shape index (κ2) is 8.76. The number of hydrogen-bond acceptors (Lipinski definition) is 5. The van der Waals surface area contributed by atoms with Gasteiger partial charge in [0.25, 0.3) is 0 Å². The van der Waals surface area contributed by atoms with Gasteiger partial charge >= 0.3 is 5.97 Å². The van der Waals surface area contributed by atoms with Gasteiger partial charge in [-0.1, -0.05) is 43.0 Å². The molecule has 136 valence electrons. The van der Waals surface area contributed by atoms with Gasteiger partial charge in [0.2, 0.25) is 0 Å². The van der Waals surface area contributed by atoms with E-state index >= 15 is 0 Å². The van der Waals surface area contributed by atoms with Gasteiger partial charge in [-0.2, -0.15) is 0 Å². The summed E-state index contributed by atoms with van der Waals surface area (Å²) in [7, 11) is 1.39. The number of thioether (sulfide) groups is 1. The summed E-state index contributed by atoms with van der Waals surface area (Å²) in [5.74, 6) is 1.31. The van der Waals surface area contributed by atoms with E-state index in [9.17, 15) is 4.79 Å². The molecule has 6 heteroatoms. The number of ether oxygens (including phenoxy) is 2. The zero-order valence-corrected chi connectivity index (χ0v) is 15.8. The number of benzene rings is 2. The van der Waals surface area contributed by atoms with Gasteiger partial charge < -0.3 is 14.0 Å². The van der Waals surface area contributed by atoms with Crippen LogP contribution in [-0.4, -0.2) is 35.0 Å². The number of imidazole rings is 1. The Kier molecular flexibility index (Phi) is 6.17. The first-order valence-corrected chi connectivity index (χ1v) is 9.56. The average molecular weight is 370 g/mol. The molecule has 0 saturated carbocycles. The topological polar surface area (TPSA) is 53.4 Å². The third-order valence-electron chi connectivity index (χ3n) is 4.05. The Morgan fingerprint density at radius 1 is 1.15 bits per heavy atom. The van der Waals surface area contributed by atoms with Crippen molar-refractivity contribution < 1.29 is 14.3 Å². The number of aromatic nitrogens is 2. The minimum Gasteiger partial charge on any atom is -0.493 e. The molecule has 26 heavy (non-hydrogen) atoms. The van der Waals surface area contributed by atoms with Crippen molar-refractivity contribution >= 4 is 28.8 Å². The van der Waals surface area contributed by atoms with E-state index in [2.05, 4.69) is 24.0 Å². The van der Waals surface area contributed by atoms with Crippen LogP contribution in [0.2, 0.25) is 0 Å². The van der Waals surface area contributed by atoms with Crippen LogP contribution >= 0.6 is 11.8 Å². The van der Waals surface area contributed by atoms with Crippen LogP contribution in [0.15, 0.2) is 53.7 Å². The van der Waals surface area contributed by atoms with Gasteiger partial charge in [0.05, 0.1) is 24.8 Å². The molecule has 0 N–H and O–H groups in total. The van der Waals surface area contributed by atoms with Crippen LogP contribution in [0, 0.1) is 0 Å². The van der Waals surface area contributed by atoms with Crippen LogP contribution < -0.4 is 4.74 Å². The lowest BCUT2D eigenvalue weighted by Crippen LogP contribution is -2.12. The van der Waals surface area contributed by atoms with Gasteiger partial charge in [0.1, 0.15) is 12.3 Å². The highest BCUT2D eigenvalue weighted by Gasteiger charge is 2.14. The molecule has 0 aliphatic carbocycles. The lowest BCUT2D eigenvalue weighted by Gasteiger charge is -2.09. The molecule has 0 aliphatic heterocycles. The number of nitrogens with zero attached hydrogens (tertiary/aromatic N) is 2. The predicted molar refractivity (Wildman–Crippen MR) is 104 cm³/mol. The number of esters is 1. The van der Waals surface area contributed by atoms with Crippen molar-refractivity contribution in [1.82, 2.24) is 9.55 Å². The first-order valence-electron chi connectivity index (χ1n) is 8.58. The maximum Gasteiger partial charge on any atom is 0.325 e. The molecular weight excluding hydrogens is 348 g/mol. The Labute approximate surface area is 157 Å². The van der Waals surface area contributed by atoms with Crippen molar-refractivity contribution in [3.05, 3.63) is 54.1 Å². The molecule has 0 aliphatic rings. The molecule has 0 radical (unpaired) electrons. The highest BCUT2D eigenvalue weighted by atomic mass is 32.2. The molecule has 0 saturated heterocycles. The second-order valence-electron chi connectivity index (χ2n) is 5.74. The number of carbonyl (C=O) groups excluding carboxylic acids is 1. The number of hydrogen-bond donors (Lipinski definition) is 0. The summed E-state index contributed by atoms with van der Waals surface area (Å²) < 4.78 is 12.5. The zero-order chi connectivity index (χ0) is 18.4. The zero-order valence-electron chi connectivity index (χ0n) is 15.0. The van der Waals surface area contributed by atoms with Crippen LogP contribution in [0.25, 0.3) is 11.0 Å². The number of carbonyl (C=O) groups is 1. The number of fused-ring (bicyclic) bond motifs is 1. The first kappa shape index (κ1) is 18.3. The van der Waals surface area contributed by atoms with Crippen LogP contribution in [0.1, 0.15) is 12.5 Å². The highest BCUT2D eigenvalue weighted by Crippen LogP contribution is 2.24. The molecule has 2 aromatic carbocycles. The second-order valence-corrected chi connectivity index (χ2v) is 6.80.